The fourth-order valence-corrected chi connectivity index (χ4v) is 5.40. The lowest BCUT2D eigenvalue weighted by molar-refractivity contribution is -0.144. The van der Waals surface area contributed by atoms with Crippen molar-refractivity contribution in [1.29, 1.82) is 0 Å². The van der Waals surface area contributed by atoms with Gasteiger partial charge in [-0.1, -0.05) is 0 Å². The maximum atomic E-state index is 14.0. The molecule has 214 valence electrons. The topological polar surface area (TPSA) is 128 Å². The second-order valence-electron chi connectivity index (χ2n) is 10.6. The Bertz CT molecular complexity index is 1400. The molecule has 3 heterocycles. The highest BCUT2D eigenvalue weighted by Crippen LogP contribution is 2.45. The summed E-state index contributed by atoms with van der Waals surface area (Å²) in [7, 11) is 0. The average Bonchev–Trinajstić information content (AvgIpc) is 3.65. The van der Waals surface area contributed by atoms with Crippen LogP contribution in [0.2, 0.25) is 0 Å². The van der Waals surface area contributed by atoms with E-state index in [9.17, 15) is 31.5 Å². The Balaban J connectivity index is 1.47. The number of halogens is 5. The highest BCUT2D eigenvalue weighted by atomic mass is 19.4. The number of nitrogens with zero attached hydrogens (tertiary/aromatic N) is 5. The van der Waals surface area contributed by atoms with Crippen LogP contribution in [-0.4, -0.2) is 48.5 Å². The van der Waals surface area contributed by atoms with Gasteiger partial charge < -0.3 is 11.1 Å². The van der Waals surface area contributed by atoms with E-state index in [1.54, 1.807) is 12.3 Å². The van der Waals surface area contributed by atoms with E-state index in [-0.39, 0.29) is 48.9 Å². The van der Waals surface area contributed by atoms with Crippen LogP contribution in [0.1, 0.15) is 90.8 Å². The zero-order valence-electron chi connectivity index (χ0n) is 21.4. The molecule has 3 aromatic heterocycles. The minimum absolute atomic E-state index is 0.0640. The Morgan fingerprint density at radius 2 is 1.80 bits per heavy atom. The second-order valence-corrected chi connectivity index (χ2v) is 10.6. The number of primary amides is 1. The molecular weight excluding hydrogens is 537 g/mol. The molecule has 5 rings (SSSR count). The van der Waals surface area contributed by atoms with Crippen molar-refractivity contribution >= 4 is 17.5 Å². The smallest absolute Gasteiger partial charge is 0.364 e. The van der Waals surface area contributed by atoms with E-state index in [1.807, 2.05) is 0 Å². The van der Waals surface area contributed by atoms with Crippen LogP contribution in [0, 0.1) is 11.8 Å². The Morgan fingerprint density at radius 3 is 2.45 bits per heavy atom. The summed E-state index contributed by atoms with van der Waals surface area (Å²) >= 11 is 0. The van der Waals surface area contributed by atoms with Crippen molar-refractivity contribution in [1.82, 2.24) is 29.9 Å². The summed E-state index contributed by atoms with van der Waals surface area (Å²) in [5.74, 6) is -5.17. The number of alkyl halides is 5. The molecule has 2 saturated carbocycles. The van der Waals surface area contributed by atoms with Gasteiger partial charge in [0.2, 0.25) is 11.8 Å². The van der Waals surface area contributed by atoms with Gasteiger partial charge in [0, 0.05) is 31.7 Å². The first-order chi connectivity index (χ1) is 18.9. The SMILES string of the molecule is NC(=O)c1nccnc1[C@H](c1cn2ncc([C@H](NC(=O)CCC(F)(F)F)C3CC3)cc2n1)C1CCC(F)(F)CC1. The predicted octanol–water partition coefficient (Wildman–Crippen LogP) is 4.49. The number of fused-ring (bicyclic) bond motifs is 1. The second kappa shape index (κ2) is 10.7. The largest absolute Gasteiger partial charge is 0.389 e. The molecule has 0 unspecified atom stereocenters. The van der Waals surface area contributed by atoms with Crippen LogP contribution >= 0.6 is 0 Å². The molecule has 0 aliphatic heterocycles. The third-order valence-electron chi connectivity index (χ3n) is 7.57. The first-order valence-electron chi connectivity index (χ1n) is 13.1. The molecule has 3 N–H and O–H groups in total. The third-order valence-corrected chi connectivity index (χ3v) is 7.57. The lowest BCUT2D eigenvalue weighted by Gasteiger charge is -2.33. The van der Waals surface area contributed by atoms with Crippen molar-refractivity contribution in [2.45, 2.75) is 75.4 Å². The van der Waals surface area contributed by atoms with E-state index in [0.29, 0.717) is 16.9 Å². The monoisotopic (exact) mass is 565 g/mol. The summed E-state index contributed by atoms with van der Waals surface area (Å²) in [5, 5.41) is 7.11. The normalized spacial score (nSPS) is 19.3. The quantitative estimate of drug-likeness (QED) is 0.368. The molecule has 2 fully saturated rings. The number of hydrogen-bond acceptors (Lipinski definition) is 6. The van der Waals surface area contributed by atoms with Crippen molar-refractivity contribution in [3.05, 3.63) is 53.5 Å². The Labute approximate surface area is 225 Å². The molecule has 2 aliphatic carbocycles. The Morgan fingerprint density at radius 1 is 1.10 bits per heavy atom. The van der Waals surface area contributed by atoms with Crippen LogP contribution < -0.4 is 11.1 Å². The number of carbonyl (C=O) groups excluding carboxylic acids is 2. The van der Waals surface area contributed by atoms with Gasteiger partial charge in [-0.15, -0.1) is 0 Å². The minimum Gasteiger partial charge on any atom is -0.364 e. The van der Waals surface area contributed by atoms with Gasteiger partial charge in [0.05, 0.1) is 42.2 Å². The highest BCUT2D eigenvalue weighted by molar-refractivity contribution is 5.92. The van der Waals surface area contributed by atoms with Crippen molar-refractivity contribution in [2.75, 3.05) is 0 Å². The summed E-state index contributed by atoms with van der Waals surface area (Å²) in [6.45, 7) is 0. The number of imidazole rings is 1. The number of amides is 2. The van der Waals surface area contributed by atoms with E-state index in [2.05, 4.69) is 20.4 Å². The molecule has 9 nitrogen and oxygen atoms in total. The van der Waals surface area contributed by atoms with Crippen molar-refractivity contribution in [2.24, 2.45) is 17.6 Å². The molecule has 2 amide bonds. The van der Waals surface area contributed by atoms with Crippen LogP contribution in [0.25, 0.3) is 5.65 Å². The lowest BCUT2D eigenvalue weighted by Crippen LogP contribution is -2.30. The third kappa shape index (κ3) is 6.36. The van der Waals surface area contributed by atoms with E-state index >= 15 is 0 Å². The number of aromatic nitrogens is 5. The van der Waals surface area contributed by atoms with Gasteiger partial charge in [0.15, 0.2) is 5.65 Å². The molecule has 3 aromatic rings. The number of carbonyl (C=O) groups is 2. The summed E-state index contributed by atoms with van der Waals surface area (Å²) in [6.07, 6.45) is 0.927. The van der Waals surface area contributed by atoms with Crippen LogP contribution in [-0.2, 0) is 4.79 Å². The molecule has 0 saturated heterocycles. The number of nitrogens with one attached hydrogen (secondary N) is 1. The standard InChI is InChI=1S/C26H28F5N7O2/c27-25(28)6-3-14(4-7-25)20(22-23(24(32)40)34-10-9-33-22)17-13-38-18(36-17)11-16(12-35-38)21(15-1-2-15)37-19(39)5-8-26(29,30)31/h9-15,20-21H,1-8H2,(H2,32,40)(H,37,39)/t20-,21+/m0/s1. The van der Waals surface area contributed by atoms with Crippen molar-refractivity contribution < 1.29 is 31.5 Å². The molecule has 2 atom stereocenters. The van der Waals surface area contributed by atoms with Crippen LogP contribution in [0.3, 0.4) is 0 Å². The lowest BCUT2D eigenvalue weighted by atomic mass is 9.75. The zero-order valence-corrected chi connectivity index (χ0v) is 21.4. The van der Waals surface area contributed by atoms with Crippen LogP contribution in [0.4, 0.5) is 22.0 Å². The molecule has 0 aromatic carbocycles. The van der Waals surface area contributed by atoms with Gasteiger partial charge in [0.1, 0.15) is 5.69 Å². The molecule has 0 spiro atoms. The molecule has 2 aliphatic rings. The van der Waals surface area contributed by atoms with E-state index in [0.717, 1.165) is 12.8 Å². The van der Waals surface area contributed by atoms with Gasteiger partial charge in [0.25, 0.3) is 5.91 Å². The van der Waals surface area contributed by atoms with Gasteiger partial charge in [-0.25, -0.2) is 23.3 Å². The van der Waals surface area contributed by atoms with E-state index in [4.69, 9.17) is 10.7 Å². The highest BCUT2D eigenvalue weighted by Gasteiger charge is 2.41. The summed E-state index contributed by atoms with van der Waals surface area (Å²) in [6, 6.07) is 1.18. The summed E-state index contributed by atoms with van der Waals surface area (Å²) in [5.41, 5.74) is 7.17. The Hall–Kier alpha value is -3.71. The predicted molar refractivity (Wildman–Crippen MR) is 131 cm³/mol. The number of hydrogen-bond donors (Lipinski definition) is 2. The van der Waals surface area contributed by atoms with Crippen molar-refractivity contribution in [3.8, 4) is 0 Å². The molecule has 14 heteroatoms. The first kappa shape index (κ1) is 27.8. The van der Waals surface area contributed by atoms with Gasteiger partial charge in [-0.05, 0) is 49.1 Å². The van der Waals surface area contributed by atoms with Crippen LogP contribution in [0.15, 0.2) is 30.9 Å². The summed E-state index contributed by atoms with van der Waals surface area (Å²) < 4.78 is 67.2. The summed E-state index contributed by atoms with van der Waals surface area (Å²) in [4.78, 5) is 37.6. The molecular formula is C26H28F5N7O2. The minimum atomic E-state index is -4.43. The van der Waals surface area contributed by atoms with Gasteiger partial charge in [-0.2, -0.15) is 18.3 Å². The van der Waals surface area contributed by atoms with E-state index < -0.39 is 48.7 Å². The number of nitrogens with two attached hydrogens (primary N) is 1. The van der Waals surface area contributed by atoms with Gasteiger partial charge >= 0.3 is 6.18 Å². The maximum Gasteiger partial charge on any atom is 0.389 e. The fraction of sp³-hybridized carbons (Fsp3) is 0.538. The maximum absolute atomic E-state index is 14.0. The molecule has 40 heavy (non-hydrogen) atoms. The fourth-order valence-electron chi connectivity index (χ4n) is 5.40. The Kier molecular flexibility index (Phi) is 7.44. The average molecular weight is 566 g/mol. The van der Waals surface area contributed by atoms with Gasteiger partial charge in [-0.3, -0.25) is 14.6 Å². The van der Waals surface area contributed by atoms with Crippen molar-refractivity contribution in [3.63, 3.8) is 0 Å². The van der Waals surface area contributed by atoms with Crippen LogP contribution in [0.5, 0.6) is 0 Å². The first-order valence-corrected chi connectivity index (χ1v) is 13.1. The molecule has 0 radical (unpaired) electrons. The number of rotatable bonds is 9. The van der Waals surface area contributed by atoms with E-state index in [1.165, 1.54) is 23.1 Å². The molecule has 0 bridgehead atoms. The zero-order chi connectivity index (χ0) is 28.7.